The van der Waals surface area contributed by atoms with Crippen LogP contribution in [0.3, 0.4) is 0 Å². The second-order valence-corrected chi connectivity index (χ2v) is 10.1. The van der Waals surface area contributed by atoms with E-state index in [9.17, 15) is 9.59 Å². The van der Waals surface area contributed by atoms with Crippen LogP contribution in [0.1, 0.15) is 42.5 Å². The van der Waals surface area contributed by atoms with E-state index in [1.807, 2.05) is 37.0 Å². The molecule has 5 rings (SSSR count). The first-order valence-electron chi connectivity index (χ1n) is 12.7. The predicted octanol–water partition coefficient (Wildman–Crippen LogP) is 0.725. The number of nitrogens with one attached hydrogen (secondary N) is 3. The number of rotatable bonds is 7. The molecular formula is C25H34BN7O2. The van der Waals surface area contributed by atoms with Crippen molar-refractivity contribution in [1.82, 2.24) is 25.1 Å². The molecule has 0 bridgehead atoms. The highest BCUT2D eigenvalue weighted by Gasteiger charge is 2.36. The number of carbonyl (C=O) groups excluding carboxylic acids is 2. The maximum Gasteiger partial charge on any atom is 0.253 e. The lowest BCUT2D eigenvalue weighted by molar-refractivity contribution is -0.125. The summed E-state index contributed by atoms with van der Waals surface area (Å²) in [6.07, 6.45) is 6.89. The van der Waals surface area contributed by atoms with Gasteiger partial charge in [0.25, 0.3) is 5.91 Å². The molecule has 2 aromatic rings. The van der Waals surface area contributed by atoms with Gasteiger partial charge in [0.1, 0.15) is 13.7 Å². The van der Waals surface area contributed by atoms with E-state index < -0.39 is 0 Å². The fourth-order valence-electron chi connectivity index (χ4n) is 4.82. The Balaban J connectivity index is 1.21. The van der Waals surface area contributed by atoms with Gasteiger partial charge in [0.2, 0.25) is 11.9 Å². The summed E-state index contributed by atoms with van der Waals surface area (Å²) in [5, 5.41) is 9.91. The zero-order chi connectivity index (χ0) is 24.4. The fraction of sp³-hybridized carbons (Fsp3) is 0.520. The van der Waals surface area contributed by atoms with Gasteiger partial charge in [-0.1, -0.05) is 6.42 Å². The SMILES string of the molecule is Bc1cnc(Nc2ccc(C(=O)N3CCN(C)CC3)cc2)nc1N[C@@H]1CCC[C@@H]1C(=O)NC1CC1. The zero-order valence-corrected chi connectivity index (χ0v) is 20.6. The molecule has 184 valence electrons. The Morgan fingerprint density at radius 2 is 1.77 bits per heavy atom. The Morgan fingerprint density at radius 3 is 2.49 bits per heavy atom. The van der Waals surface area contributed by atoms with E-state index in [4.69, 9.17) is 4.98 Å². The number of hydrogen-bond acceptors (Lipinski definition) is 7. The molecule has 2 atom stereocenters. The Bertz CT molecular complexity index is 1070. The molecule has 3 fully saturated rings. The van der Waals surface area contributed by atoms with E-state index in [0.29, 0.717) is 17.6 Å². The zero-order valence-electron chi connectivity index (χ0n) is 20.6. The summed E-state index contributed by atoms with van der Waals surface area (Å²) in [4.78, 5) is 38.7. The minimum absolute atomic E-state index is 0.0215. The molecule has 2 heterocycles. The summed E-state index contributed by atoms with van der Waals surface area (Å²) < 4.78 is 0. The van der Waals surface area contributed by atoms with Crippen LogP contribution >= 0.6 is 0 Å². The summed E-state index contributed by atoms with van der Waals surface area (Å²) in [5.74, 6) is 1.44. The van der Waals surface area contributed by atoms with Crippen molar-refractivity contribution in [3.63, 3.8) is 0 Å². The smallest absolute Gasteiger partial charge is 0.253 e. The third-order valence-electron chi connectivity index (χ3n) is 7.25. The van der Waals surface area contributed by atoms with Crippen LogP contribution < -0.4 is 21.4 Å². The van der Waals surface area contributed by atoms with Crippen LogP contribution in [0, 0.1) is 5.92 Å². The number of piperazine rings is 1. The Morgan fingerprint density at radius 1 is 1.03 bits per heavy atom. The van der Waals surface area contributed by atoms with Crippen LogP contribution in [-0.2, 0) is 4.79 Å². The first kappa shape index (κ1) is 23.6. The van der Waals surface area contributed by atoms with Crippen molar-refractivity contribution in [1.29, 1.82) is 0 Å². The lowest BCUT2D eigenvalue weighted by Crippen LogP contribution is -2.47. The topological polar surface area (TPSA) is 102 Å². The van der Waals surface area contributed by atoms with Crippen molar-refractivity contribution in [3.8, 4) is 0 Å². The highest BCUT2D eigenvalue weighted by Crippen LogP contribution is 2.30. The highest BCUT2D eigenvalue weighted by molar-refractivity contribution is 6.35. The highest BCUT2D eigenvalue weighted by atomic mass is 16.2. The monoisotopic (exact) mass is 475 g/mol. The minimum atomic E-state index is -0.0215. The Hall–Kier alpha value is -3.14. The molecule has 0 radical (unpaired) electrons. The largest absolute Gasteiger partial charge is 0.367 e. The van der Waals surface area contributed by atoms with Crippen molar-refractivity contribution < 1.29 is 9.59 Å². The summed E-state index contributed by atoms with van der Waals surface area (Å²) in [7, 11) is 4.05. The number of carbonyl (C=O) groups is 2. The fourth-order valence-corrected chi connectivity index (χ4v) is 4.82. The van der Waals surface area contributed by atoms with Crippen LogP contribution in [0.2, 0.25) is 0 Å². The van der Waals surface area contributed by atoms with Gasteiger partial charge >= 0.3 is 0 Å². The maximum absolute atomic E-state index is 12.8. The normalized spacial score (nSPS) is 22.6. The van der Waals surface area contributed by atoms with Gasteiger partial charge in [0.15, 0.2) is 0 Å². The lowest BCUT2D eigenvalue weighted by Gasteiger charge is -2.32. The number of nitrogens with zero attached hydrogens (tertiary/aromatic N) is 4. The van der Waals surface area contributed by atoms with Gasteiger partial charge < -0.3 is 25.8 Å². The molecule has 2 aliphatic carbocycles. The van der Waals surface area contributed by atoms with E-state index >= 15 is 0 Å². The molecule has 1 aromatic carbocycles. The summed E-state index contributed by atoms with van der Waals surface area (Å²) in [6.45, 7) is 3.32. The minimum Gasteiger partial charge on any atom is -0.367 e. The summed E-state index contributed by atoms with van der Waals surface area (Å²) in [6, 6.07) is 7.91. The average molecular weight is 475 g/mol. The van der Waals surface area contributed by atoms with Gasteiger partial charge in [0.05, 0.1) is 5.92 Å². The molecule has 3 aliphatic rings. The molecule has 1 saturated heterocycles. The molecule has 0 unspecified atom stereocenters. The molecule has 1 aliphatic heterocycles. The molecule has 10 heteroatoms. The second kappa shape index (κ2) is 10.2. The van der Waals surface area contributed by atoms with Crippen LogP contribution in [-0.4, -0.2) is 84.7 Å². The van der Waals surface area contributed by atoms with E-state index in [1.165, 1.54) is 0 Å². The van der Waals surface area contributed by atoms with Gasteiger partial charge in [-0.15, -0.1) is 0 Å². The quantitative estimate of drug-likeness (QED) is 0.508. The molecule has 35 heavy (non-hydrogen) atoms. The molecule has 9 nitrogen and oxygen atoms in total. The van der Waals surface area contributed by atoms with Crippen molar-refractivity contribution in [3.05, 3.63) is 36.0 Å². The first-order chi connectivity index (χ1) is 17.0. The number of benzene rings is 1. The molecule has 1 aromatic heterocycles. The van der Waals surface area contributed by atoms with Gasteiger partial charge in [-0.25, -0.2) is 4.98 Å². The van der Waals surface area contributed by atoms with Gasteiger partial charge in [-0.2, -0.15) is 4.98 Å². The third-order valence-corrected chi connectivity index (χ3v) is 7.25. The third kappa shape index (κ3) is 5.75. The van der Waals surface area contributed by atoms with Crippen LogP contribution in [0.5, 0.6) is 0 Å². The Labute approximate surface area is 207 Å². The molecule has 0 spiro atoms. The number of hydrogen-bond donors (Lipinski definition) is 3. The average Bonchev–Trinajstić information content (AvgIpc) is 3.55. The molecule has 2 amide bonds. The predicted molar refractivity (Wildman–Crippen MR) is 139 cm³/mol. The number of aromatic nitrogens is 2. The summed E-state index contributed by atoms with van der Waals surface area (Å²) >= 11 is 0. The number of amides is 2. The maximum atomic E-state index is 12.8. The van der Waals surface area contributed by atoms with E-state index in [2.05, 4.69) is 32.9 Å². The lowest BCUT2D eigenvalue weighted by atomic mass is 9.97. The van der Waals surface area contributed by atoms with Crippen LogP contribution in [0.15, 0.2) is 30.5 Å². The number of likely N-dealkylation sites (N-methyl/N-ethyl adjacent to an activating group) is 1. The standard InChI is InChI=1S/C25H34BN7O2/c1-32-11-13-33(14-12-32)24(35)16-5-7-18(8-6-16)29-25-27-15-20(26)22(31-25)30-21-4-2-3-19(21)23(34)28-17-9-10-17/h5-8,15,17,19,21H,2-4,9-14,26H2,1H3,(H,28,34)(H2,27,29,30,31)/t19-,21+/m0/s1. The molecule has 2 saturated carbocycles. The van der Waals surface area contributed by atoms with E-state index in [1.54, 1.807) is 6.20 Å². The molecule has 3 N–H and O–H groups in total. The van der Waals surface area contributed by atoms with E-state index in [-0.39, 0.29) is 23.8 Å². The second-order valence-electron chi connectivity index (χ2n) is 10.1. The summed E-state index contributed by atoms with van der Waals surface area (Å²) in [5.41, 5.74) is 2.44. The Kier molecular flexibility index (Phi) is 6.90. The van der Waals surface area contributed by atoms with Crippen molar-refractivity contribution in [2.75, 3.05) is 43.9 Å². The van der Waals surface area contributed by atoms with Gasteiger partial charge in [-0.05, 0) is 62.5 Å². The molecular weight excluding hydrogens is 441 g/mol. The number of anilines is 3. The van der Waals surface area contributed by atoms with E-state index in [0.717, 1.165) is 75.3 Å². The van der Waals surface area contributed by atoms with Crippen LogP contribution in [0.4, 0.5) is 17.5 Å². The van der Waals surface area contributed by atoms with Gasteiger partial charge in [0, 0.05) is 55.7 Å². The first-order valence-corrected chi connectivity index (χ1v) is 12.7. The van der Waals surface area contributed by atoms with Crippen LogP contribution in [0.25, 0.3) is 0 Å². The van der Waals surface area contributed by atoms with Crippen molar-refractivity contribution in [2.45, 2.75) is 44.2 Å². The van der Waals surface area contributed by atoms with Crippen molar-refractivity contribution in [2.24, 2.45) is 5.92 Å². The van der Waals surface area contributed by atoms with Crippen molar-refractivity contribution >= 4 is 42.6 Å². The van der Waals surface area contributed by atoms with Gasteiger partial charge in [-0.3, -0.25) is 9.59 Å².